The summed E-state index contributed by atoms with van der Waals surface area (Å²) in [6, 6.07) is 16.8. The highest BCUT2D eigenvalue weighted by Crippen LogP contribution is 2.30. The Morgan fingerprint density at radius 2 is 1.71 bits per heavy atom. The van der Waals surface area contributed by atoms with Gasteiger partial charge in [-0.25, -0.2) is 0 Å². The maximum atomic E-state index is 3.70. The van der Waals surface area contributed by atoms with Crippen molar-refractivity contribution in [3.05, 3.63) is 63.2 Å². The Morgan fingerprint density at radius 3 is 2.48 bits per heavy atom. The first-order valence-corrected chi connectivity index (χ1v) is 8.48. The lowest BCUT2D eigenvalue weighted by molar-refractivity contribution is 0.733. The molecule has 3 rings (SSSR count). The number of benzene rings is 2. The molecule has 2 aromatic carbocycles. The summed E-state index contributed by atoms with van der Waals surface area (Å²) in [5.41, 5.74) is 3.69. The first kappa shape index (κ1) is 14.7. The third kappa shape index (κ3) is 3.01. The molecule has 0 aliphatic heterocycles. The van der Waals surface area contributed by atoms with Gasteiger partial charge in [-0.15, -0.1) is 0 Å². The molecule has 0 saturated carbocycles. The second-order valence-electron chi connectivity index (χ2n) is 5.00. The van der Waals surface area contributed by atoms with Gasteiger partial charge in [-0.05, 0) is 53.2 Å². The van der Waals surface area contributed by atoms with Gasteiger partial charge in [0.1, 0.15) is 0 Å². The lowest BCUT2D eigenvalue weighted by Gasteiger charge is -2.10. The van der Waals surface area contributed by atoms with Crippen LogP contribution in [0.25, 0.3) is 10.9 Å². The van der Waals surface area contributed by atoms with E-state index in [4.69, 9.17) is 0 Å². The van der Waals surface area contributed by atoms with Crippen LogP contribution in [0.4, 0.5) is 5.69 Å². The van der Waals surface area contributed by atoms with E-state index in [1.165, 1.54) is 21.1 Å². The van der Waals surface area contributed by atoms with Crippen molar-refractivity contribution in [3.8, 4) is 0 Å². The van der Waals surface area contributed by atoms with Crippen LogP contribution in [0.3, 0.4) is 0 Å². The van der Waals surface area contributed by atoms with E-state index < -0.39 is 0 Å². The van der Waals surface area contributed by atoms with Crippen LogP contribution >= 0.6 is 31.9 Å². The zero-order chi connectivity index (χ0) is 14.8. The van der Waals surface area contributed by atoms with Crippen molar-refractivity contribution in [1.82, 2.24) is 4.57 Å². The third-order valence-electron chi connectivity index (χ3n) is 3.66. The predicted molar refractivity (Wildman–Crippen MR) is 97.0 cm³/mol. The number of anilines is 1. The van der Waals surface area contributed by atoms with Crippen molar-refractivity contribution in [1.29, 1.82) is 0 Å². The van der Waals surface area contributed by atoms with Gasteiger partial charge in [-0.2, -0.15) is 0 Å². The highest BCUT2D eigenvalue weighted by atomic mass is 79.9. The molecule has 21 heavy (non-hydrogen) atoms. The van der Waals surface area contributed by atoms with Gasteiger partial charge in [0.25, 0.3) is 0 Å². The fourth-order valence-corrected chi connectivity index (χ4v) is 3.37. The Hall–Kier alpha value is -1.26. The van der Waals surface area contributed by atoms with Crippen molar-refractivity contribution in [2.75, 3.05) is 11.9 Å². The minimum Gasteiger partial charge on any atom is -0.383 e. The van der Waals surface area contributed by atoms with E-state index in [1.54, 1.807) is 0 Å². The molecule has 0 atom stereocenters. The second-order valence-corrected chi connectivity index (χ2v) is 6.71. The normalized spacial score (nSPS) is 11.0. The molecule has 0 aliphatic carbocycles. The molecular weight excluding hydrogens is 392 g/mol. The van der Waals surface area contributed by atoms with Gasteiger partial charge in [-0.1, -0.05) is 34.1 Å². The minimum atomic E-state index is 0.896. The molecule has 0 unspecified atom stereocenters. The fourth-order valence-electron chi connectivity index (χ4n) is 2.56. The minimum absolute atomic E-state index is 0.896. The zero-order valence-corrected chi connectivity index (χ0v) is 14.9. The SMILES string of the molecule is Cc1c(Br)c2ccccc2n1CCNc1ccc(Br)cc1. The largest absolute Gasteiger partial charge is 0.383 e. The van der Waals surface area contributed by atoms with Crippen molar-refractivity contribution in [2.24, 2.45) is 0 Å². The molecule has 0 aliphatic rings. The molecule has 0 saturated heterocycles. The standard InChI is InChI=1S/C17H16Br2N2/c1-12-17(19)15-4-2-3-5-16(15)21(12)11-10-20-14-8-6-13(18)7-9-14/h2-9,20H,10-11H2,1H3. The molecule has 0 radical (unpaired) electrons. The van der Waals surface area contributed by atoms with Crippen molar-refractivity contribution in [3.63, 3.8) is 0 Å². The van der Waals surface area contributed by atoms with Gasteiger partial charge in [0.15, 0.2) is 0 Å². The van der Waals surface area contributed by atoms with E-state index in [9.17, 15) is 0 Å². The number of fused-ring (bicyclic) bond motifs is 1. The molecule has 0 amide bonds. The number of aromatic nitrogens is 1. The number of halogens is 2. The van der Waals surface area contributed by atoms with Gasteiger partial charge in [-0.3, -0.25) is 0 Å². The first-order chi connectivity index (χ1) is 10.2. The lowest BCUT2D eigenvalue weighted by atomic mass is 10.2. The van der Waals surface area contributed by atoms with E-state index in [2.05, 4.69) is 97.2 Å². The number of nitrogens with zero attached hydrogens (tertiary/aromatic N) is 1. The van der Waals surface area contributed by atoms with Gasteiger partial charge in [0.05, 0.1) is 0 Å². The number of para-hydroxylation sites is 1. The highest BCUT2D eigenvalue weighted by molar-refractivity contribution is 9.11. The summed E-state index contributed by atoms with van der Waals surface area (Å²) >= 11 is 7.15. The predicted octanol–water partition coefficient (Wildman–Crippen LogP) is 5.59. The highest BCUT2D eigenvalue weighted by Gasteiger charge is 2.10. The van der Waals surface area contributed by atoms with E-state index in [-0.39, 0.29) is 0 Å². The van der Waals surface area contributed by atoms with Crippen LogP contribution in [0.2, 0.25) is 0 Å². The summed E-state index contributed by atoms with van der Waals surface area (Å²) < 4.78 is 4.65. The Labute approximate surface area is 141 Å². The summed E-state index contributed by atoms with van der Waals surface area (Å²) in [5, 5.41) is 4.74. The average Bonchev–Trinajstić information content (AvgIpc) is 2.75. The molecule has 108 valence electrons. The van der Waals surface area contributed by atoms with Crippen LogP contribution < -0.4 is 5.32 Å². The third-order valence-corrected chi connectivity index (χ3v) is 5.19. The lowest BCUT2D eigenvalue weighted by Crippen LogP contribution is -2.11. The van der Waals surface area contributed by atoms with Gasteiger partial charge in [0.2, 0.25) is 0 Å². The molecular formula is C17H16Br2N2. The second kappa shape index (κ2) is 6.24. The van der Waals surface area contributed by atoms with Crippen LogP contribution in [0.15, 0.2) is 57.5 Å². The topological polar surface area (TPSA) is 17.0 Å². The van der Waals surface area contributed by atoms with Gasteiger partial charge in [0, 0.05) is 44.3 Å². The molecule has 0 fully saturated rings. The van der Waals surface area contributed by atoms with E-state index in [1.807, 2.05) is 0 Å². The van der Waals surface area contributed by atoms with Crippen molar-refractivity contribution < 1.29 is 0 Å². The monoisotopic (exact) mass is 406 g/mol. The van der Waals surface area contributed by atoms with Crippen LogP contribution in [0.5, 0.6) is 0 Å². The molecule has 1 aromatic heterocycles. The quantitative estimate of drug-likeness (QED) is 0.596. The number of hydrogen-bond acceptors (Lipinski definition) is 1. The van der Waals surface area contributed by atoms with E-state index in [0.29, 0.717) is 0 Å². The molecule has 2 nitrogen and oxygen atoms in total. The van der Waals surface area contributed by atoms with Gasteiger partial charge >= 0.3 is 0 Å². The van der Waals surface area contributed by atoms with Crippen molar-refractivity contribution in [2.45, 2.75) is 13.5 Å². The molecule has 1 N–H and O–H groups in total. The number of rotatable bonds is 4. The van der Waals surface area contributed by atoms with E-state index in [0.717, 1.165) is 23.2 Å². The summed E-state index contributed by atoms with van der Waals surface area (Å²) in [4.78, 5) is 0. The summed E-state index contributed by atoms with van der Waals surface area (Å²) in [6.45, 7) is 3.99. The summed E-state index contributed by atoms with van der Waals surface area (Å²) in [7, 11) is 0. The van der Waals surface area contributed by atoms with E-state index >= 15 is 0 Å². The Balaban J connectivity index is 1.76. The number of hydrogen-bond donors (Lipinski definition) is 1. The maximum absolute atomic E-state index is 3.70. The average molecular weight is 408 g/mol. The Kier molecular flexibility index (Phi) is 4.36. The maximum Gasteiger partial charge on any atom is 0.0494 e. The summed E-state index contributed by atoms with van der Waals surface area (Å²) in [5.74, 6) is 0. The zero-order valence-electron chi connectivity index (χ0n) is 11.7. The Morgan fingerprint density at radius 1 is 1.00 bits per heavy atom. The molecule has 0 spiro atoms. The van der Waals surface area contributed by atoms with Crippen LogP contribution in [-0.2, 0) is 6.54 Å². The smallest absolute Gasteiger partial charge is 0.0494 e. The Bertz CT molecular complexity index is 760. The van der Waals surface area contributed by atoms with Crippen LogP contribution in [-0.4, -0.2) is 11.1 Å². The van der Waals surface area contributed by atoms with Crippen molar-refractivity contribution >= 4 is 48.5 Å². The van der Waals surface area contributed by atoms with Crippen LogP contribution in [0, 0.1) is 6.92 Å². The van der Waals surface area contributed by atoms with Crippen LogP contribution in [0.1, 0.15) is 5.69 Å². The molecule has 1 heterocycles. The van der Waals surface area contributed by atoms with Gasteiger partial charge < -0.3 is 9.88 Å². The molecule has 3 aromatic rings. The summed E-state index contributed by atoms with van der Waals surface area (Å²) in [6.07, 6.45) is 0. The first-order valence-electron chi connectivity index (χ1n) is 6.89. The molecule has 4 heteroatoms. The number of nitrogens with one attached hydrogen (secondary N) is 1. The fraction of sp³-hybridized carbons (Fsp3) is 0.176. The molecule has 0 bridgehead atoms.